The summed E-state index contributed by atoms with van der Waals surface area (Å²) in [5, 5.41) is 0. The van der Waals surface area contributed by atoms with E-state index in [0.717, 1.165) is 25.1 Å². The van der Waals surface area contributed by atoms with Gasteiger partial charge in [0.05, 0.1) is 20.1 Å². The summed E-state index contributed by atoms with van der Waals surface area (Å²) in [5.41, 5.74) is 0.793. The summed E-state index contributed by atoms with van der Waals surface area (Å²) in [6.45, 7) is 2.13. The molecule has 8 heteroatoms. The van der Waals surface area contributed by atoms with E-state index < -0.39 is 0 Å². The van der Waals surface area contributed by atoms with E-state index in [4.69, 9.17) is 9.47 Å². The van der Waals surface area contributed by atoms with Crippen LogP contribution in [0.4, 0.5) is 0 Å². The largest absolute Gasteiger partial charge is 0.493 e. The summed E-state index contributed by atoms with van der Waals surface area (Å²) in [6.07, 6.45) is 3.50. The number of carbonyl (C=O) groups is 2. The molecule has 0 aliphatic carbocycles. The number of piperidine rings is 1. The number of ether oxygens (including phenoxy) is 2. The van der Waals surface area contributed by atoms with Crippen molar-refractivity contribution < 1.29 is 19.1 Å². The molecule has 27 heavy (non-hydrogen) atoms. The summed E-state index contributed by atoms with van der Waals surface area (Å²) >= 11 is 0. The summed E-state index contributed by atoms with van der Waals surface area (Å²) in [7, 11) is 6.64. The number of likely N-dealkylation sites (N-methyl/N-ethyl adjacent to an activating group) is 1. The van der Waals surface area contributed by atoms with Gasteiger partial charge in [0.15, 0.2) is 11.5 Å². The topological polar surface area (TPSA) is 75.2 Å². The lowest BCUT2D eigenvalue weighted by Crippen LogP contribution is -2.51. The first-order valence-corrected chi connectivity index (χ1v) is 9.23. The maximum absolute atomic E-state index is 12.9. The highest BCUT2D eigenvalue weighted by Crippen LogP contribution is 2.33. The van der Waals surface area contributed by atoms with Gasteiger partial charge in [-0.2, -0.15) is 0 Å². The summed E-state index contributed by atoms with van der Waals surface area (Å²) in [6, 6.07) is 1.82. The minimum absolute atomic E-state index is 0.0430. The minimum Gasteiger partial charge on any atom is -0.493 e. The van der Waals surface area contributed by atoms with Crippen molar-refractivity contribution in [1.29, 1.82) is 0 Å². The fourth-order valence-corrected chi connectivity index (χ4v) is 3.93. The average molecular weight is 376 g/mol. The lowest BCUT2D eigenvalue weighted by Gasteiger charge is -2.36. The van der Waals surface area contributed by atoms with Crippen LogP contribution in [0.3, 0.4) is 0 Å². The molecule has 3 aliphatic rings. The van der Waals surface area contributed by atoms with E-state index in [-0.39, 0.29) is 30.3 Å². The van der Waals surface area contributed by atoms with Crippen molar-refractivity contribution in [1.82, 2.24) is 19.7 Å². The number of fused-ring (bicyclic) bond motifs is 4. The van der Waals surface area contributed by atoms with Crippen molar-refractivity contribution >= 4 is 11.8 Å². The Morgan fingerprint density at radius 1 is 1.26 bits per heavy atom. The Morgan fingerprint density at radius 3 is 2.70 bits per heavy atom. The molecule has 4 rings (SSSR count). The van der Waals surface area contributed by atoms with Crippen molar-refractivity contribution in [2.24, 2.45) is 5.92 Å². The fourth-order valence-electron chi connectivity index (χ4n) is 3.93. The van der Waals surface area contributed by atoms with Crippen molar-refractivity contribution in [2.45, 2.75) is 25.4 Å². The van der Waals surface area contributed by atoms with E-state index in [2.05, 4.69) is 9.88 Å². The van der Waals surface area contributed by atoms with Crippen molar-refractivity contribution in [2.75, 3.05) is 47.9 Å². The van der Waals surface area contributed by atoms with Gasteiger partial charge in [0.2, 0.25) is 11.8 Å². The first-order valence-electron chi connectivity index (χ1n) is 9.23. The minimum atomic E-state index is -0.0738. The molecule has 0 radical (unpaired) electrons. The molecule has 0 N–H and O–H groups in total. The van der Waals surface area contributed by atoms with E-state index in [0.29, 0.717) is 24.6 Å². The third-order valence-electron chi connectivity index (χ3n) is 5.41. The smallest absolute Gasteiger partial charge is 0.241 e. The summed E-state index contributed by atoms with van der Waals surface area (Å²) in [5.74, 6) is 1.25. The molecule has 0 spiro atoms. The van der Waals surface area contributed by atoms with Crippen LogP contribution in [0.25, 0.3) is 0 Å². The van der Waals surface area contributed by atoms with E-state index in [1.165, 1.54) is 4.90 Å². The molecule has 4 heterocycles. The predicted octanol–water partition coefficient (Wildman–Crippen LogP) is 0.610. The Balaban J connectivity index is 1.77. The molecule has 0 saturated carbocycles. The second-order valence-corrected chi connectivity index (χ2v) is 7.37. The van der Waals surface area contributed by atoms with E-state index in [9.17, 15) is 9.59 Å². The zero-order valence-corrected chi connectivity index (χ0v) is 16.5. The first-order chi connectivity index (χ1) is 12.9. The molecular weight excluding hydrogens is 348 g/mol. The van der Waals surface area contributed by atoms with Crippen molar-refractivity contribution in [3.8, 4) is 11.5 Å². The van der Waals surface area contributed by atoms with Crippen LogP contribution in [-0.4, -0.2) is 85.5 Å². The Labute approximate surface area is 160 Å². The van der Waals surface area contributed by atoms with Gasteiger partial charge in [-0.3, -0.25) is 19.5 Å². The number of carbonyl (C=O) groups excluding carboxylic acids is 2. The highest BCUT2D eigenvalue weighted by atomic mass is 16.5. The lowest BCUT2D eigenvalue weighted by atomic mass is 9.94. The molecule has 0 unspecified atom stereocenters. The Hall–Kier alpha value is -2.35. The number of pyridine rings is 1. The lowest BCUT2D eigenvalue weighted by molar-refractivity contribution is -0.145. The molecule has 1 aromatic heterocycles. The third-order valence-corrected chi connectivity index (χ3v) is 5.41. The standard InChI is InChI=1S/C19H28N4O4/c1-21(2)17(24)12-23-14-6-5-13(19(23)25)9-22(10-14)11-15-18(27-4)16(26-3)7-8-20-15/h7-8,13-14H,5-6,9-12H2,1-4H3/t13-,14+/m0/s1. The van der Waals surface area contributed by atoms with Gasteiger partial charge in [-0.05, 0) is 12.8 Å². The van der Waals surface area contributed by atoms with Gasteiger partial charge in [0, 0.05) is 52.0 Å². The zero-order chi connectivity index (χ0) is 19.6. The van der Waals surface area contributed by atoms with Gasteiger partial charge in [-0.25, -0.2) is 0 Å². The Morgan fingerprint density at radius 2 is 2.04 bits per heavy atom. The second kappa shape index (κ2) is 8.12. The van der Waals surface area contributed by atoms with E-state index in [1.54, 1.807) is 45.5 Å². The van der Waals surface area contributed by atoms with E-state index in [1.807, 2.05) is 0 Å². The number of hydrogen-bond donors (Lipinski definition) is 0. The van der Waals surface area contributed by atoms with Gasteiger partial charge in [0.25, 0.3) is 0 Å². The number of amides is 2. The molecule has 3 fully saturated rings. The van der Waals surface area contributed by atoms with Crippen LogP contribution in [0.15, 0.2) is 12.3 Å². The van der Waals surface area contributed by atoms with Crippen LogP contribution in [0.5, 0.6) is 11.5 Å². The monoisotopic (exact) mass is 376 g/mol. The molecule has 0 aromatic carbocycles. The van der Waals surface area contributed by atoms with E-state index >= 15 is 0 Å². The maximum atomic E-state index is 12.9. The molecule has 1 aromatic rings. The van der Waals surface area contributed by atoms with Crippen molar-refractivity contribution in [3.05, 3.63) is 18.0 Å². The molecule has 2 atom stereocenters. The Bertz CT molecular complexity index is 709. The highest BCUT2D eigenvalue weighted by molar-refractivity contribution is 5.86. The fraction of sp³-hybridized carbons (Fsp3) is 0.632. The molecule has 3 aliphatic heterocycles. The van der Waals surface area contributed by atoms with Gasteiger partial charge in [-0.1, -0.05) is 0 Å². The van der Waals surface area contributed by atoms with Gasteiger partial charge in [-0.15, -0.1) is 0 Å². The molecule has 2 bridgehead atoms. The first kappa shape index (κ1) is 19.4. The van der Waals surface area contributed by atoms with Gasteiger partial charge < -0.3 is 19.3 Å². The molecule has 148 valence electrons. The third kappa shape index (κ3) is 4.00. The molecule has 8 nitrogen and oxygen atoms in total. The molecule has 2 amide bonds. The second-order valence-electron chi connectivity index (χ2n) is 7.37. The summed E-state index contributed by atoms with van der Waals surface area (Å²) < 4.78 is 10.8. The number of nitrogens with zero attached hydrogens (tertiary/aromatic N) is 4. The number of hydrogen-bond acceptors (Lipinski definition) is 6. The SMILES string of the molecule is COc1ccnc(CN2C[C@@H]3CC[C@H](C2)N(CC(=O)N(C)C)C3=O)c1OC. The van der Waals surface area contributed by atoms with Crippen molar-refractivity contribution in [3.63, 3.8) is 0 Å². The molecule has 3 saturated heterocycles. The number of rotatable bonds is 6. The van der Waals surface area contributed by atoms with Crippen LogP contribution in [0.1, 0.15) is 18.5 Å². The van der Waals surface area contributed by atoms with Crippen LogP contribution in [0.2, 0.25) is 0 Å². The zero-order valence-electron chi connectivity index (χ0n) is 16.5. The number of aromatic nitrogens is 1. The Kier molecular flexibility index (Phi) is 5.84. The summed E-state index contributed by atoms with van der Waals surface area (Å²) in [4.78, 5) is 35.0. The predicted molar refractivity (Wildman–Crippen MR) is 99.5 cm³/mol. The van der Waals surface area contributed by atoms with Crippen LogP contribution in [-0.2, 0) is 16.1 Å². The normalized spacial score (nSPS) is 22.5. The van der Waals surface area contributed by atoms with Gasteiger partial charge in [0.1, 0.15) is 12.2 Å². The van der Waals surface area contributed by atoms with Crippen LogP contribution >= 0.6 is 0 Å². The quantitative estimate of drug-likeness (QED) is 0.724. The van der Waals surface area contributed by atoms with Gasteiger partial charge >= 0.3 is 0 Å². The van der Waals surface area contributed by atoms with Crippen LogP contribution < -0.4 is 9.47 Å². The van der Waals surface area contributed by atoms with Crippen LogP contribution in [0, 0.1) is 5.92 Å². The maximum Gasteiger partial charge on any atom is 0.241 e. The highest BCUT2D eigenvalue weighted by Gasteiger charge is 2.41. The number of methoxy groups -OCH3 is 2. The average Bonchev–Trinajstić information content (AvgIpc) is 2.92. The molecular formula is C19H28N4O4.